The summed E-state index contributed by atoms with van der Waals surface area (Å²) in [5.41, 5.74) is 0. The monoisotopic (exact) mass is 380 g/mol. The van der Waals surface area contributed by atoms with E-state index in [2.05, 4.69) is 4.72 Å². The number of carbonyl (C=O) groups excluding carboxylic acids is 1. The van der Waals surface area contributed by atoms with Gasteiger partial charge in [-0.2, -0.15) is 0 Å². The molecule has 6 nitrogen and oxygen atoms in total. The van der Waals surface area contributed by atoms with E-state index >= 15 is 0 Å². The molecule has 1 saturated heterocycles. The molecule has 26 heavy (non-hydrogen) atoms. The van der Waals surface area contributed by atoms with Crippen LogP contribution < -0.4 is 9.46 Å². The molecule has 1 amide bonds. The second-order valence-electron chi connectivity index (χ2n) is 7.30. The lowest BCUT2D eigenvalue weighted by Crippen LogP contribution is -2.45. The van der Waals surface area contributed by atoms with E-state index in [1.165, 1.54) is 12.1 Å². The number of rotatable bonds is 6. The highest BCUT2D eigenvalue weighted by molar-refractivity contribution is 7.89. The van der Waals surface area contributed by atoms with Crippen molar-refractivity contribution in [3.8, 4) is 5.75 Å². The Morgan fingerprint density at radius 3 is 2.50 bits per heavy atom. The molecule has 1 saturated carbocycles. The van der Waals surface area contributed by atoms with Crippen molar-refractivity contribution in [1.29, 1.82) is 0 Å². The smallest absolute Gasteiger partial charge is 0.240 e. The molecular weight excluding hydrogens is 352 g/mol. The number of benzene rings is 1. The minimum Gasteiger partial charge on any atom is -0.497 e. The van der Waals surface area contributed by atoms with Gasteiger partial charge < -0.3 is 9.64 Å². The van der Waals surface area contributed by atoms with Crippen LogP contribution in [0, 0.1) is 11.8 Å². The molecule has 0 aromatic heterocycles. The number of hydrogen-bond donors (Lipinski definition) is 1. The predicted octanol–water partition coefficient (Wildman–Crippen LogP) is 2.40. The number of carbonyl (C=O) groups is 1. The zero-order valence-electron chi connectivity index (χ0n) is 15.3. The third kappa shape index (κ3) is 4.57. The Bertz CT molecular complexity index is 712. The van der Waals surface area contributed by atoms with Crippen LogP contribution in [0.3, 0.4) is 0 Å². The Labute approximate surface area is 156 Å². The molecule has 0 spiro atoms. The summed E-state index contributed by atoms with van der Waals surface area (Å²) in [4.78, 5) is 14.8. The van der Waals surface area contributed by atoms with Crippen molar-refractivity contribution in [3.63, 3.8) is 0 Å². The summed E-state index contributed by atoms with van der Waals surface area (Å²) in [6, 6.07) is 6.35. The molecule has 1 heterocycles. The number of amides is 1. The molecule has 2 fully saturated rings. The first-order valence-electron chi connectivity index (χ1n) is 9.42. The second-order valence-corrected chi connectivity index (χ2v) is 9.07. The second kappa shape index (κ2) is 8.39. The number of nitrogens with one attached hydrogen (secondary N) is 1. The molecule has 1 aromatic rings. The van der Waals surface area contributed by atoms with E-state index in [9.17, 15) is 13.2 Å². The van der Waals surface area contributed by atoms with Crippen molar-refractivity contribution >= 4 is 15.9 Å². The number of sulfonamides is 1. The minimum absolute atomic E-state index is 0.169. The summed E-state index contributed by atoms with van der Waals surface area (Å²) in [6.45, 7) is 1.82. The fraction of sp³-hybridized carbons (Fsp3) is 0.632. The zero-order valence-corrected chi connectivity index (χ0v) is 16.1. The first-order chi connectivity index (χ1) is 12.5. The van der Waals surface area contributed by atoms with Gasteiger partial charge in [-0.1, -0.05) is 12.8 Å². The Morgan fingerprint density at radius 2 is 1.85 bits per heavy atom. The summed E-state index contributed by atoms with van der Waals surface area (Å²) in [7, 11) is -2.00. The lowest BCUT2D eigenvalue weighted by Gasteiger charge is -2.34. The van der Waals surface area contributed by atoms with Crippen LogP contribution in [0.1, 0.15) is 38.5 Å². The van der Waals surface area contributed by atoms with E-state index in [1.54, 1.807) is 19.2 Å². The molecule has 1 N–H and O–H groups in total. The van der Waals surface area contributed by atoms with Gasteiger partial charge in [-0.05, 0) is 55.9 Å². The summed E-state index contributed by atoms with van der Waals surface area (Å²) >= 11 is 0. The number of piperidine rings is 1. The lowest BCUT2D eigenvalue weighted by molar-refractivity contribution is -0.137. The van der Waals surface area contributed by atoms with Crippen molar-refractivity contribution in [2.45, 2.75) is 43.4 Å². The number of nitrogens with zero attached hydrogens (tertiary/aromatic N) is 1. The SMILES string of the molecule is COc1ccc(S(=O)(=O)NC[C@H]2CCCN(C(=O)C3CCCC3)C2)cc1. The summed E-state index contributed by atoms with van der Waals surface area (Å²) in [6.07, 6.45) is 6.19. The summed E-state index contributed by atoms with van der Waals surface area (Å²) in [5.74, 6) is 1.24. The highest BCUT2D eigenvalue weighted by Gasteiger charge is 2.31. The van der Waals surface area contributed by atoms with Crippen molar-refractivity contribution < 1.29 is 17.9 Å². The van der Waals surface area contributed by atoms with Crippen molar-refractivity contribution in [3.05, 3.63) is 24.3 Å². The van der Waals surface area contributed by atoms with Crippen LogP contribution in [-0.2, 0) is 14.8 Å². The number of methoxy groups -OCH3 is 1. The Balaban J connectivity index is 1.55. The Morgan fingerprint density at radius 1 is 1.15 bits per heavy atom. The van der Waals surface area contributed by atoms with Crippen LogP contribution in [0.15, 0.2) is 29.2 Å². The third-order valence-corrected chi connectivity index (χ3v) is 6.91. The molecule has 1 aromatic carbocycles. The molecule has 1 atom stereocenters. The number of ether oxygens (including phenoxy) is 1. The lowest BCUT2D eigenvalue weighted by atomic mass is 9.96. The largest absolute Gasteiger partial charge is 0.497 e. The molecule has 1 aliphatic heterocycles. The van der Waals surface area contributed by atoms with Gasteiger partial charge in [0, 0.05) is 25.6 Å². The van der Waals surface area contributed by atoms with Crippen molar-refractivity contribution in [2.24, 2.45) is 11.8 Å². The van der Waals surface area contributed by atoms with Gasteiger partial charge in [-0.25, -0.2) is 13.1 Å². The third-order valence-electron chi connectivity index (χ3n) is 5.47. The zero-order chi connectivity index (χ0) is 18.6. The maximum Gasteiger partial charge on any atom is 0.240 e. The Hall–Kier alpha value is -1.60. The fourth-order valence-corrected chi connectivity index (χ4v) is 5.04. The molecule has 0 radical (unpaired) electrons. The maximum atomic E-state index is 12.6. The predicted molar refractivity (Wildman–Crippen MR) is 99.4 cm³/mol. The fourth-order valence-electron chi connectivity index (χ4n) is 3.93. The van der Waals surface area contributed by atoms with Crippen molar-refractivity contribution in [2.75, 3.05) is 26.7 Å². The quantitative estimate of drug-likeness (QED) is 0.822. The van der Waals surface area contributed by atoms with Gasteiger partial charge in [0.05, 0.1) is 12.0 Å². The number of likely N-dealkylation sites (tertiary alicyclic amines) is 1. The molecule has 0 unspecified atom stereocenters. The van der Waals surface area contributed by atoms with E-state index in [1.807, 2.05) is 4.90 Å². The van der Waals surface area contributed by atoms with E-state index in [-0.39, 0.29) is 22.6 Å². The molecule has 0 bridgehead atoms. The van der Waals surface area contributed by atoms with Crippen LogP contribution in [0.2, 0.25) is 0 Å². The van der Waals surface area contributed by atoms with Crippen molar-refractivity contribution in [1.82, 2.24) is 9.62 Å². The molecular formula is C19H28N2O4S. The first-order valence-corrected chi connectivity index (χ1v) is 10.9. The standard InChI is InChI=1S/C19H28N2O4S/c1-25-17-8-10-18(11-9-17)26(23,24)20-13-15-5-4-12-21(14-15)19(22)16-6-2-3-7-16/h8-11,15-16,20H,2-7,12-14H2,1H3/t15-/m1/s1. The van der Waals surface area contributed by atoms with E-state index in [4.69, 9.17) is 4.74 Å². The maximum absolute atomic E-state index is 12.6. The van der Waals surface area contributed by atoms with Gasteiger partial charge in [0.2, 0.25) is 15.9 Å². The molecule has 2 aliphatic rings. The average molecular weight is 381 g/mol. The van der Waals surface area contributed by atoms with Gasteiger partial charge >= 0.3 is 0 Å². The summed E-state index contributed by atoms with van der Waals surface area (Å²) in [5, 5.41) is 0. The Kier molecular flexibility index (Phi) is 6.19. The van der Waals surface area contributed by atoms with Gasteiger partial charge in [0.25, 0.3) is 0 Å². The topological polar surface area (TPSA) is 75.7 Å². The van der Waals surface area contributed by atoms with Crippen LogP contribution in [0.25, 0.3) is 0 Å². The van der Waals surface area contributed by atoms with Gasteiger partial charge in [0.15, 0.2) is 0 Å². The molecule has 3 rings (SSSR count). The summed E-state index contributed by atoms with van der Waals surface area (Å²) < 4.78 is 32.7. The highest BCUT2D eigenvalue weighted by atomic mass is 32.2. The first kappa shape index (κ1) is 19.2. The van der Waals surface area contributed by atoms with E-state index < -0.39 is 10.0 Å². The van der Waals surface area contributed by atoms with Gasteiger partial charge in [-0.3, -0.25) is 4.79 Å². The minimum atomic E-state index is -3.55. The number of hydrogen-bond acceptors (Lipinski definition) is 4. The van der Waals surface area contributed by atoms with Crippen LogP contribution in [0.4, 0.5) is 0 Å². The van der Waals surface area contributed by atoms with Gasteiger partial charge in [0.1, 0.15) is 5.75 Å². The molecule has 1 aliphatic carbocycles. The molecule has 144 valence electrons. The van der Waals surface area contributed by atoms with E-state index in [0.717, 1.165) is 45.1 Å². The van der Waals surface area contributed by atoms with E-state index in [0.29, 0.717) is 18.8 Å². The van der Waals surface area contributed by atoms with Gasteiger partial charge in [-0.15, -0.1) is 0 Å². The average Bonchev–Trinajstić information content (AvgIpc) is 3.21. The van der Waals surface area contributed by atoms with Crippen LogP contribution in [-0.4, -0.2) is 46.0 Å². The van der Waals surface area contributed by atoms with Crippen LogP contribution in [0.5, 0.6) is 5.75 Å². The van der Waals surface area contributed by atoms with Crippen LogP contribution >= 0.6 is 0 Å². The molecule has 7 heteroatoms. The highest BCUT2D eigenvalue weighted by Crippen LogP contribution is 2.28. The normalized spacial score (nSPS) is 21.7.